The van der Waals surface area contributed by atoms with Crippen molar-refractivity contribution in [1.29, 1.82) is 0 Å². The minimum Gasteiger partial charge on any atom is -0.451 e. The Morgan fingerprint density at radius 1 is 1.48 bits per heavy atom. The normalized spacial score (nSPS) is 23.8. The number of carbonyl (C=O) groups excluding carboxylic acids is 3. The van der Waals surface area contributed by atoms with Gasteiger partial charge in [0.25, 0.3) is 0 Å². The molecule has 1 heterocycles. The van der Waals surface area contributed by atoms with Gasteiger partial charge in [0.1, 0.15) is 6.10 Å². The summed E-state index contributed by atoms with van der Waals surface area (Å²) in [5, 5.41) is 9.10. The molecule has 0 spiro atoms. The molecule has 3 atom stereocenters. The van der Waals surface area contributed by atoms with E-state index >= 15 is 0 Å². The quantitative estimate of drug-likeness (QED) is 0.597. The second-order valence-electron chi connectivity index (χ2n) is 4.54. The Kier molecular flexibility index (Phi) is 6.05. The summed E-state index contributed by atoms with van der Waals surface area (Å²) in [6.07, 6.45) is 3.68. The summed E-state index contributed by atoms with van der Waals surface area (Å²) < 4.78 is 10.2. The van der Waals surface area contributed by atoms with Gasteiger partial charge in [0, 0.05) is 11.6 Å². The molecule has 0 aromatic carbocycles. The van der Waals surface area contributed by atoms with Crippen LogP contribution in [0.25, 0.3) is 0 Å². The van der Waals surface area contributed by atoms with Crippen LogP contribution in [0, 0.1) is 0 Å². The second kappa shape index (κ2) is 7.54. The van der Waals surface area contributed by atoms with Gasteiger partial charge in [0.2, 0.25) is 0 Å². The Morgan fingerprint density at radius 2 is 2.14 bits per heavy atom. The van der Waals surface area contributed by atoms with Gasteiger partial charge >= 0.3 is 11.9 Å². The molecular formula is C15H18O6. The van der Waals surface area contributed by atoms with Crippen molar-refractivity contribution in [2.24, 2.45) is 0 Å². The minimum absolute atomic E-state index is 0.420. The highest BCUT2D eigenvalue weighted by Gasteiger charge is 2.28. The number of esters is 2. The monoisotopic (exact) mass is 294 g/mol. The molecule has 1 aliphatic rings. The Balaban J connectivity index is 2.83. The Labute approximate surface area is 122 Å². The number of hydrogen-bond donors (Lipinski definition) is 1. The van der Waals surface area contributed by atoms with Gasteiger partial charge in [0.05, 0.1) is 0 Å². The van der Waals surface area contributed by atoms with Gasteiger partial charge in [-0.15, -0.1) is 0 Å². The molecule has 0 bridgehead atoms. The van der Waals surface area contributed by atoms with Crippen molar-refractivity contribution in [3.8, 4) is 0 Å². The molecule has 21 heavy (non-hydrogen) atoms. The molecule has 0 fully saturated rings. The highest BCUT2D eigenvalue weighted by Crippen LogP contribution is 2.15. The maximum absolute atomic E-state index is 11.7. The third kappa shape index (κ3) is 5.00. The molecule has 0 aliphatic carbocycles. The number of cyclic esters (lactones) is 1. The first-order valence-corrected chi connectivity index (χ1v) is 6.48. The van der Waals surface area contributed by atoms with Gasteiger partial charge in [-0.25, -0.2) is 9.59 Å². The summed E-state index contributed by atoms with van der Waals surface area (Å²) in [6, 6.07) is 0. The predicted molar refractivity (Wildman–Crippen MR) is 74.2 cm³/mol. The number of allylic oxidation sites excluding steroid dienone is 1. The topological polar surface area (TPSA) is 89.9 Å². The van der Waals surface area contributed by atoms with Crippen molar-refractivity contribution in [3.63, 3.8) is 0 Å². The van der Waals surface area contributed by atoms with Crippen molar-refractivity contribution in [2.45, 2.75) is 39.1 Å². The van der Waals surface area contributed by atoms with Crippen molar-refractivity contribution in [2.75, 3.05) is 0 Å². The maximum Gasteiger partial charge on any atom is 0.334 e. The molecular weight excluding hydrogens is 276 g/mol. The van der Waals surface area contributed by atoms with E-state index in [9.17, 15) is 14.4 Å². The minimum atomic E-state index is -1.15. The van der Waals surface area contributed by atoms with Crippen molar-refractivity contribution in [3.05, 3.63) is 36.0 Å². The van der Waals surface area contributed by atoms with Gasteiger partial charge in [-0.2, -0.15) is 0 Å². The smallest absolute Gasteiger partial charge is 0.334 e. The lowest BCUT2D eigenvalue weighted by atomic mass is 10.1. The van der Waals surface area contributed by atoms with E-state index in [0.29, 0.717) is 5.57 Å². The van der Waals surface area contributed by atoms with E-state index in [-0.39, 0.29) is 0 Å². The van der Waals surface area contributed by atoms with Crippen LogP contribution < -0.4 is 0 Å². The van der Waals surface area contributed by atoms with Crippen LogP contribution in [-0.4, -0.2) is 41.1 Å². The zero-order valence-corrected chi connectivity index (χ0v) is 12.1. The van der Waals surface area contributed by atoms with Gasteiger partial charge in [-0.3, -0.25) is 4.79 Å². The van der Waals surface area contributed by atoms with E-state index in [2.05, 4.69) is 0 Å². The van der Waals surface area contributed by atoms with Crippen molar-refractivity contribution < 1.29 is 29.0 Å². The van der Waals surface area contributed by atoms with E-state index in [4.69, 9.17) is 14.6 Å². The third-order valence-electron chi connectivity index (χ3n) is 2.86. The molecule has 0 saturated carbocycles. The summed E-state index contributed by atoms with van der Waals surface area (Å²) >= 11 is 0. The number of hydrogen-bond acceptors (Lipinski definition) is 6. The van der Waals surface area contributed by atoms with Gasteiger partial charge in [-0.1, -0.05) is 6.08 Å². The van der Waals surface area contributed by atoms with Crippen LogP contribution in [0.5, 0.6) is 0 Å². The number of ketones is 1. The van der Waals surface area contributed by atoms with Gasteiger partial charge < -0.3 is 14.6 Å². The van der Waals surface area contributed by atoms with Crippen LogP contribution in [-0.2, 0) is 23.9 Å². The SMILES string of the molecule is C/C=C(\C)C(=O)OC1C=CC(=O)OC1/C=C/C(=O)C(C)O. The zero-order valence-electron chi connectivity index (χ0n) is 12.1. The predicted octanol–water partition coefficient (Wildman–Crippen LogP) is 0.852. The molecule has 6 nitrogen and oxygen atoms in total. The standard InChI is InChI=1S/C15H18O6/c1-4-9(2)15(19)21-13-7-8-14(18)20-12(13)6-5-11(17)10(3)16/h4-8,10,12-13,16H,1-3H3/b6-5+,9-4+. The molecule has 3 unspecified atom stereocenters. The number of aliphatic hydroxyl groups excluding tert-OH is 1. The van der Waals surface area contributed by atoms with Crippen molar-refractivity contribution in [1.82, 2.24) is 0 Å². The fraction of sp³-hybridized carbons (Fsp3) is 0.400. The maximum atomic E-state index is 11.7. The van der Waals surface area contributed by atoms with E-state index in [1.54, 1.807) is 19.9 Å². The van der Waals surface area contributed by atoms with Crippen LogP contribution in [0.3, 0.4) is 0 Å². The first kappa shape index (κ1) is 16.8. The van der Waals surface area contributed by atoms with Crippen molar-refractivity contribution >= 4 is 17.7 Å². The average Bonchev–Trinajstić information content (AvgIpc) is 2.45. The summed E-state index contributed by atoms with van der Waals surface area (Å²) in [5.74, 6) is -1.66. The number of aliphatic hydroxyl groups is 1. The van der Waals surface area contributed by atoms with Gasteiger partial charge in [-0.05, 0) is 39.0 Å². The highest BCUT2D eigenvalue weighted by molar-refractivity contribution is 5.93. The first-order chi connectivity index (χ1) is 9.85. The van der Waals surface area contributed by atoms with E-state index in [1.807, 2.05) is 0 Å². The fourth-order valence-corrected chi connectivity index (χ4v) is 1.44. The first-order valence-electron chi connectivity index (χ1n) is 6.48. The van der Waals surface area contributed by atoms with E-state index < -0.39 is 36.0 Å². The summed E-state index contributed by atoms with van der Waals surface area (Å²) in [6.45, 7) is 4.63. The molecule has 1 N–H and O–H groups in total. The van der Waals surface area contributed by atoms with Crippen LogP contribution in [0.1, 0.15) is 20.8 Å². The molecule has 0 aromatic rings. The molecule has 0 aromatic heterocycles. The lowest BCUT2D eigenvalue weighted by Gasteiger charge is -2.25. The zero-order chi connectivity index (χ0) is 16.0. The lowest BCUT2D eigenvalue weighted by molar-refractivity contribution is -0.157. The fourth-order valence-electron chi connectivity index (χ4n) is 1.44. The average molecular weight is 294 g/mol. The van der Waals surface area contributed by atoms with Crippen LogP contribution >= 0.6 is 0 Å². The van der Waals surface area contributed by atoms with Crippen LogP contribution in [0.4, 0.5) is 0 Å². The van der Waals surface area contributed by atoms with Gasteiger partial charge in [0.15, 0.2) is 18.0 Å². The third-order valence-corrected chi connectivity index (χ3v) is 2.86. The number of ether oxygens (including phenoxy) is 2. The summed E-state index contributed by atoms with van der Waals surface area (Å²) in [7, 11) is 0. The molecule has 0 amide bonds. The Bertz CT molecular complexity index is 512. The number of carbonyl (C=O) groups is 3. The second-order valence-corrected chi connectivity index (χ2v) is 4.54. The Hall–Kier alpha value is -2.21. The number of rotatable bonds is 5. The van der Waals surface area contributed by atoms with E-state index in [1.165, 1.54) is 19.1 Å². The highest BCUT2D eigenvalue weighted by atomic mass is 16.6. The molecule has 114 valence electrons. The molecule has 0 radical (unpaired) electrons. The molecule has 1 aliphatic heterocycles. The van der Waals surface area contributed by atoms with Crippen LogP contribution in [0.2, 0.25) is 0 Å². The molecule has 6 heteroatoms. The summed E-state index contributed by atoms with van der Waals surface area (Å²) in [4.78, 5) is 34.3. The lowest BCUT2D eigenvalue weighted by Crippen LogP contribution is -2.35. The largest absolute Gasteiger partial charge is 0.451 e. The molecule has 1 rings (SSSR count). The van der Waals surface area contributed by atoms with E-state index in [0.717, 1.165) is 12.2 Å². The Morgan fingerprint density at radius 3 is 2.71 bits per heavy atom. The molecule has 0 saturated heterocycles. The summed E-state index contributed by atoms with van der Waals surface area (Å²) in [5.41, 5.74) is 0.420. The van der Waals surface area contributed by atoms with Crippen LogP contribution in [0.15, 0.2) is 36.0 Å².